The fourth-order valence-corrected chi connectivity index (χ4v) is 1.53. The van der Waals surface area contributed by atoms with Crippen molar-refractivity contribution in [2.24, 2.45) is 0 Å². The second-order valence-corrected chi connectivity index (χ2v) is 3.53. The van der Waals surface area contributed by atoms with E-state index in [1.807, 2.05) is 17.1 Å². The highest BCUT2D eigenvalue weighted by atomic mass is 16.2. The number of aliphatic hydroxyl groups excluding tert-OH is 1. The van der Waals surface area contributed by atoms with Crippen LogP contribution in [0.4, 0.5) is 0 Å². The lowest BCUT2D eigenvalue weighted by molar-refractivity contribution is 0.299. The van der Waals surface area contributed by atoms with E-state index < -0.39 is 0 Å². The van der Waals surface area contributed by atoms with Crippen LogP contribution < -0.4 is 0 Å². The van der Waals surface area contributed by atoms with E-state index in [-0.39, 0.29) is 6.61 Å². The van der Waals surface area contributed by atoms with Crippen LogP contribution in [0.2, 0.25) is 0 Å². The number of aromatic nitrogens is 2. The maximum Gasteiger partial charge on any atom is 0.0949 e. The molecule has 1 aromatic heterocycles. The van der Waals surface area contributed by atoms with Crippen molar-refractivity contribution in [2.75, 3.05) is 6.61 Å². The fourth-order valence-electron chi connectivity index (χ4n) is 1.53. The van der Waals surface area contributed by atoms with Gasteiger partial charge in [0.05, 0.1) is 6.33 Å². The van der Waals surface area contributed by atoms with E-state index in [0.29, 0.717) is 0 Å². The van der Waals surface area contributed by atoms with Gasteiger partial charge >= 0.3 is 0 Å². The van der Waals surface area contributed by atoms with Gasteiger partial charge in [-0.15, -0.1) is 0 Å². The van der Waals surface area contributed by atoms with Crippen molar-refractivity contribution < 1.29 is 5.11 Å². The zero-order valence-electron chi connectivity index (χ0n) is 8.50. The summed E-state index contributed by atoms with van der Waals surface area (Å²) in [5.74, 6) is 0. The summed E-state index contributed by atoms with van der Waals surface area (Å²) in [6.45, 7) is 1.06. The Labute approximate surface area is 89.0 Å². The Balaban J connectivity index is 2.04. The molecule has 2 rings (SSSR count). The second-order valence-electron chi connectivity index (χ2n) is 3.53. The van der Waals surface area contributed by atoms with Crippen LogP contribution in [0, 0.1) is 0 Å². The Morgan fingerprint density at radius 1 is 1.13 bits per heavy atom. The summed E-state index contributed by atoms with van der Waals surface area (Å²) in [6, 6.07) is 8.29. The quantitative estimate of drug-likeness (QED) is 0.815. The van der Waals surface area contributed by atoms with Gasteiger partial charge in [-0.2, -0.15) is 0 Å². The highest BCUT2D eigenvalue weighted by molar-refractivity contribution is 5.22. The van der Waals surface area contributed by atoms with Crippen LogP contribution in [0.15, 0.2) is 43.0 Å². The summed E-state index contributed by atoms with van der Waals surface area (Å²) >= 11 is 0. The minimum atomic E-state index is 0.209. The molecule has 0 aliphatic carbocycles. The SMILES string of the molecule is OCCc1ccc(Cn2ccnc2)cc1. The Kier molecular flexibility index (Phi) is 3.15. The summed E-state index contributed by atoms with van der Waals surface area (Å²) < 4.78 is 2.03. The molecule has 2 aromatic rings. The lowest BCUT2D eigenvalue weighted by atomic mass is 10.1. The lowest BCUT2D eigenvalue weighted by Crippen LogP contribution is -1.97. The molecule has 0 amide bonds. The summed E-state index contributed by atoms with van der Waals surface area (Å²) in [7, 11) is 0. The Morgan fingerprint density at radius 2 is 1.87 bits per heavy atom. The maximum absolute atomic E-state index is 8.78. The average Bonchev–Trinajstić information content (AvgIpc) is 2.74. The molecule has 0 radical (unpaired) electrons. The Morgan fingerprint density at radius 3 is 2.47 bits per heavy atom. The zero-order chi connectivity index (χ0) is 10.5. The fraction of sp³-hybridized carbons (Fsp3) is 0.250. The lowest BCUT2D eigenvalue weighted by Gasteiger charge is -2.03. The van der Waals surface area contributed by atoms with Crippen molar-refractivity contribution in [3.8, 4) is 0 Å². The van der Waals surface area contributed by atoms with Crippen LogP contribution in [0.5, 0.6) is 0 Å². The van der Waals surface area contributed by atoms with Gasteiger partial charge in [0.2, 0.25) is 0 Å². The average molecular weight is 202 g/mol. The number of benzene rings is 1. The van der Waals surface area contributed by atoms with Crippen LogP contribution in [0.3, 0.4) is 0 Å². The smallest absolute Gasteiger partial charge is 0.0949 e. The third kappa shape index (κ3) is 2.67. The van der Waals surface area contributed by atoms with Crippen molar-refractivity contribution in [2.45, 2.75) is 13.0 Å². The molecule has 1 N–H and O–H groups in total. The second kappa shape index (κ2) is 4.75. The number of nitrogens with zero attached hydrogens (tertiary/aromatic N) is 2. The first kappa shape index (κ1) is 9.93. The van der Waals surface area contributed by atoms with E-state index in [1.54, 1.807) is 6.20 Å². The van der Waals surface area contributed by atoms with E-state index in [2.05, 4.69) is 29.2 Å². The van der Waals surface area contributed by atoms with Crippen molar-refractivity contribution in [1.29, 1.82) is 0 Å². The van der Waals surface area contributed by atoms with Crippen LogP contribution in [-0.2, 0) is 13.0 Å². The number of imidazole rings is 1. The molecule has 3 heteroatoms. The van der Waals surface area contributed by atoms with Gasteiger partial charge in [0.25, 0.3) is 0 Å². The van der Waals surface area contributed by atoms with E-state index in [4.69, 9.17) is 5.11 Å². The molecular formula is C12H14N2O. The maximum atomic E-state index is 8.78. The van der Waals surface area contributed by atoms with Crippen molar-refractivity contribution >= 4 is 0 Å². The van der Waals surface area contributed by atoms with Gasteiger partial charge in [-0.1, -0.05) is 24.3 Å². The molecule has 0 saturated carbocycles. The molecule has 0 bridgehead atoms. The standard InChI is InChI=1S/C12H14N2O/c15-8-5-11-1-3-12(4-2-11)9-14-7-6-13-10-14/h1-4,6-7,10,15H,5,8-9H2. The van der Waals surface area contributed by atoms with Crippen LogP contribution in [0.25, 0.3) is 0 Å². The number of hydrogen-bond acceptors (Lipinski definition) is 2. The number of rotatable bonds is 4. The minimum absolute atomic E-state index is 0.209. The van der Waals surface area contributed by atoms with Gasteiger partial charge in [0.1, 0.15) is 0 Å². The molecule has 1 aromatic carbocycles. The van der Waals surface area contributed by atoms with Gasteiger partial charge in [0, 0.05) is 25.5 Å². The molecule has 78 valence electrons. The Bertz CT molecular complexity index is 392. The molecule has 1 heterocycles. The third-order valence-corrected chi connectivity index (χ3v) is 2.35. The van der Waals surface area contributed by atoms with Crippen molar-refractivity contribution in [1.82, 2.24) is 9.55 Å². The van der Waals surface area contributed by atoms with E-state index >= 15 is 0 Å². The van der Waals surface area contributed by atoms with Crippen LogP contribution in [-0.4, -0.2) is 21.3 Å². The highest BCUT2D eigenvalue weighted by Gasteiger charge is 1.95. The number of hydrogen-bond donors (Lipinski definition) is 1. The van der Waals surface area contributed by atoms with Crippen molar-refractivity contribution in [3.05, 3.63) is 54.1 Å². The van der Waals surface area contributed by atoms with Gasteiger partial charge in [-0.25, -0.2) is 4.98 Å². The normalized spacial score (nSPS) is 10.5. The molecule has 0 aliphatic heterocycles. The van der Waals surface area contributed by atoms with Gasteiger partial charge < -0.3 is 9.67 Å². The van der Waals surface area contributed by atoms with Crippen LogP contribution >= 0.6 is 0 Å². The van der Waals surface area contributed by atoms with Gasteiger partial charge in [-0.05, 0) is 17.5 Å². The summed E-state index contributed by atoms with van der Waals surface area (Å²) in [5, 5.41) is 8.78. The summed E-state index contributed by atoms with van der Waals surface area (Å²) in [6.07, 6.45) is 6.26. The molecular weight excluding hydrogens is 188 g/mol. The summed E-state index contributed by atoms with van der Waals surface area (Å²) in [4.78, 5) is 4.00. The molecule has 0 unspecified atom stereocenters. The third-order valence-electron chi connectivity index (χ3n) is 2.35. The first-order valence-corrected chi connectivity index (χ1v) is 5.03. The summed E-state index contributed by atoms with van der Waals surface area (Å²) in [5.41, 5.74) is 2.42. The minimum Gasteiger partial charge on any atom is -0.396 e. The predicted molar refractivity (Wildman–Crippen MR) is 58.6 cm³/mol. The zero-order valence-corrected chi connectivity index (χ0v) is 8.50. The number of aliphatic hydroxyl groups is 1. The molecule has 0 spiro atoms. The van der Waals surface area contributed by atoms with Gasteiger partial charge in [0.15, 0.2) is 0 Å². The first-order valence-electron chi connectivity index (χ1n) is 5.03. The molecule has 0 atom stereocenters. The molecule has 3 nitrogen and oxygen atoms in total. The molecule has 0 saturated heterocycles. The highest BCUT2D eigenvalue weighted by Crippen LogP contribution is 2.06. The Hall–Kier alpha value is -1.61. The topological polar surface area (TPSA) is 38.0 Å². The largest absolute Gasteiger partial charge is 0.396 e. The van der Waals surface area contributed by atoms with E-state index in [1.165, 1.54) is 11.1 Å². The van der Waals surface area contributed by atoms with E-state index in [0.717, 1.165) is 13.0 Å². The van der Waals surface area contributed by atoms with Gasteiger partial charge in [-0.3, -0.25) is 0 Å². The van der Waals surface area contributed by atoms with Crippen molar-refractivity contribution in [3.63, 3.8) is 0 Å². The monoisotopic (exact) mass is 202 g/mol. The first-order chi connectivity index (χ1) is 7.38. The molecule has 0 aliphatic rings. The molecule has 0 fully saturated rings. The van der Waals surface area contributed by atoms with E-state index in [9.17, 15) is 0 Å². The van der Waals surface area contributed by atoms with Crippen LogP contribution in [0.1, 0.15) is 11.1 Å². The predicted octanol–water partition coefficient (Wildman–Crippen LogP) is 1.47. The molecule has 15 heavy (non-hydrogen) atoms.